The lowest BCUT2D eigenvalue weighted by atomic mass is 9.98. The topological polar surface area (TPSA) is 43.1 Å². The van der Waals surface area contributed by atoms with Crippen molar-refractivity contribution in [2.24, 2.45) is 0 Å². The second-order valence-electron chi connectivity index (χ2n) is 3.78. The molecule has 13 heavy (non-hydrogen) atoms. The first kappa shape index (κ1) is 8.23. The van der Waals surface area contributed by atoms with Crippen molar-refractivity contribution in [2.75, 3.05) is 0 Å². The first-order valence-corrected chi connectivity index (χ1v) is 4.28. The zero-order chi connectivity index (χ0) is 9.47. The van der Waals surface area contributed by atoms with Crippen LogP contribution in [0.25, 0.3) is 0 Å². The van der Waals surface area contributed by atoms with Crippen LogP contribution in [0.5, 0.6) is 0 Å². The van der Waals surface area contributed by atoms with Crippen molar-refractivity contribution in [3.05, 3.63) is 39.9 Å². The van der Waals surface area contributed by atoms with Crippen LogP contribution in [-0.2, 0) is 5.41 Å². The predicted octanol–water partition coefficient (Wildman–Crippen LogP) is 2.45. The Kier molecular flexibility index (Phi) is 1.62. The molecule has 1 aliphatic rings. The lowest BCUT2D eigenvalue weighted by Gasteiger charge is -2.06. The third-order valence-corrected chi connectivity index (χ3v) is 2.65. The van der Waals surface area contributed by atoms with Gasteiger partial charge < -0.3 is 0 Å². The molecule has 0 atom stereocenters. The van der Waals surface area contributed by atoms with E-state index in [9.17, 15) is 10.1 Å². The molecule has 67 valence electrons. The van der Waals surface area contributed by atoms with E-state index >= 15 is 0 Å². The monoisotopic (exact) mass is 176 g/mol. The Hall–Kier alpha value is -1.38. The van der Waals surface area contributed by atoms with E-state index in [0.717, 1.165) is 18.4 Å². The predicted molar refractivity (Wildman–Crippen MR) is 48.5 cm³/mol. The molecule has 0 aliphatic heterocycles. The fourth-order valence-corrected chi connectivity index (χ4v) is 1.37. The molecule has 1 fully saturated rings. The summed E-state index contributed by atoms with van der Waals surface area (Å²) in [6.45, 7) is 2.11. The Labute approximate surface area is 76.5 Å². The number of rotatable bonds is 2. The molecule has 0 spiro atoms. The van der Waals surface area contributed by atoms with Gasteiger partial charge in [-0.3, -0.25) is 10.1 Å². The molecule has 0 amide bonds. The Morgan fingerprint density at radius 1 is 1.62 bits per heavy atom. The quantitative estimate of drug-likeness (QED) is 0.513. The van der Waals surface area contributed by atoms with Crippen LogP contribution in [0.1, 0.15) is 25.3 Å². The maximum absolute atomic E-state index is 10.5. The van der Waals surface area contributed by atoms with Crippen LogP contribution in [0.3, 0.4) is 0 Å². The summed E-state index contributed by atoms with van der Waals surface area (Å²) in [5.74, 6) is 0. The maximum atomic E-state index is 10.5. The van der Waals surface area contributed by atoms with Crippen molar-refractivity contribution in [3.63, 3.8) is 0 Å². The van der Waals surface area contributed by atoms with Crippen molar-refractivity contribution < 1.29 is 4.92 Å². The molecule has 1 aliphatic carbocycles. The largest absolute Gasteiger partial charge is 0.269 e. The van der Waals surface area contributed by atoms with E-state index in [1.165, 1.54) is 6.07 Å². The molecular formula is C10H10NO2. The van der Waals surface area contributed by atoms with Crippen molar-refractivity contribution >= 4 is 5.69 Å². The molecule has 0 bridgehead atoms. The van der Waals surface area contributed by atoms with Gasteiger partial charge in [-0.25, -0.2) is 0 Å². The van der Waals surface area contributed by atoms with Gasteiger partial charge in [-0.1, -0.05) is 6.92 Å². The first-order valence-electron chi connectivity index (χ1n) is 4.28. The molecule has 0 saturated heterocycles. The molecule has 3 heteroatoms. The average molecular weight is 176 g/mol. The summed E-state index contributed by atoms with van der Waals surface area (Å²) < 4.78 is 0. The van der Waals surface area contributed by atoms with Crippen LogP contribution >= 0.6 is 0 Å². The SMILES string of the molecule is CC1(c2[c]ccc([N+](=O)[O-])c2)CC1. The minimum atomic E-state index is -0.358. The Morgan fingerprint density at radius 2 is 2.31 bits per heavy atom. The summed E-state index contributed by atoms with van der Waals surface area (Å²) in [6.07, 6.45) is 2.23. The van der Waals surface area contributed by atoms with Crippen LogP contribution in [0, 0.1) is 16.2 Å². The van der Waals surface area contributed by atoms with E-state index in [0.29, 0.717) is 0 Å². The Morgan fingerprint density at radius 3 is 2.85 bits per heavy atom. The Bertz CT molecular complexity index is 356. The van der Waals surface area contributed by atoms with Crippen LogP contribution < -0.4 is 0 Å². The van der Waals surface area contributed by atoms with Crippen LogP contribution in [0.2, 0.25) is 0 Å². The molecule has 0 unspecified atom stereocenters. The second-order valence-corrected chi connectivity index (χ2v) is 3.78. The average Bonchev–Trinajstić information content (AvgIpc) is 2.85. The summed E-state index contributed by atoms with van der Waals surface area (Å²) in [4.78, 5) is 10.1. The number of nitrogens with zero attached hydrogens (tertiary/aromatic N) is 1. The summed E-state index contributed by atoms with van der Waals surface area (Å²) in [5, 5.41) is 10.5. The molecule has 1 aromatic carbocycles. The van der Waals surface area contributed by atoms with Gasteiger partial charge in [0.05, 0.1) is 4.92 Å². The zero-order valence-electron chi connectivity index (χ0n) is 7.41. The third kappa shape index (κ3) is 1.41. The highest BCUT2D eigenvalue weighted by molar-refractivity contribution is 5.39. The number of nitro groups is 1. The lowest BCUT2D eigenvalue weighted by molar-refractivity contribution is -0.384. The van der Waals surface area contributed by atoms with Crippen LogP contribution in [-0.4, -0.2) is 4.92 Å². The van der Waals surface area contributed by atoms with Gasteiger partial charge in [0.1, 0.15) is 0 Å². The van der Waals surface area contributed by atoms with Crippen molar-refractivity contribution in [2.45, 2.75) is 25.2 Å². The normalized spacial score (nSPS) is 18.2. The van der Waals surface area contributed by atoms with Crippen molar-refractivity contribution in [1.29, 1.82) is 0 Å². The van der Waals surface area contributed by atoms with Gasteiger partial charge in [0, 0.05) is 12.1 Å². The van der Waals surface area contributed by atoms with Gasteiger partial charge in [0.2, 0.25) is 0 Å². The molecule has 1 radical (unpaired) electrons. The van der Waals surface area contributed by atoms with Gasteiger partial charge in [-0.15, -0.1) is 0 Å². The highest BCUT2D eigenvalue weighted by Crippen LogP contribution is 2.47. The highest BCUT2D eigenvalue weighted by Gasteiger charge is 2.39. The number of hydrogen-bond acceptors (Lipinski definition) is 2. The van der Waals surface area contributed by atoms with E-state index in [-0.39, 0.29) is 16.0 Å². The lowest BCUT2D eigenvalue weighted by Crippen LogP contribution is -2.00. The zero-order valence-corrected chi connectivity index (χ0v) is 7.41. The molecule has 1 aromatic rings. The molecule has 0 N–H and O–H groups in total. The molecule has 0 heterocycles. The van der Waals surface area contributed by atoms with Gasteiger partial charge in [-0.2, -0.15) is 0 Å². The summed E-state index contributed by atoms with van der Waals surface area (Å²) in [7, 11) is 0. The minimum absolute atomic E-state index is 0.159. The maximum Gasteiger partial charge on any atom is 0.269 e. The van der Waals surface area contributed by atoms with Gasteiger partial charge in [0.25, 0.3) is 5.69 Å². The summed E-state index contributed by atoms with van der Waals surface area (Å²) in [5.41, 5.74) is 1.30. The molecule has 1 saturated carbocycles. The molecule has 0 aromatic heterocycles. The highest BCUT2D eigenvalue weighted by atomic mass is 16.6. The Balaban J connectivity index is 2.38. The van der Waals surface area contributed by atoms with Gasteiger partial charge in [-0.05, 0) is 36.0 Å². The summed E-state index contributed by atoms with van der Waals surface area (Å²) in [6, 6.07) is 7.81. The fraction of sp³-hybridized carbons (Fsp3) is 0.400. The number of non-ortho nitro benzene ring substituents is 1. The van der Waals surface area contributed by atoms with Gasteiger partial charge >= 0.3 is 0 Å². The van der Waals surface area contributed by atoms with E-state index in [2.05, 4.69) is 13.0 Å². The summed E-state index contributed by atoms with van der Waals surface area (Å²) >= 11 is 0. The third-order valence-electron chi connectivity index (χ3n) is 2.65. The fourth-order valence-electron chi connectivity index (χ4n) is 1.37. The van der Waals surface area contributed by atoms with E-state index < -0.39 is 0 Å². The van der Waals surface area contributed by atoms with E-state index in [4.69, 9.17) is 0 Å². The standard InChI is InChI=1S/C10H10NO2/c1-10(5-6-10)8-3-2-4-9(7-8)11(12)13/h2,4,7H,5-6H2,1H3. The van der Waals surface area contributed by atoms with Crippen LogP contribution in [0.15, 0.2) is 18.2 Å². The number of hydrogen-bond donors (Lipinski definition) is 0. The number of benzene rings is 1. The molecule has 3 nitrogen and oxygen atoms in total. The van der Waals surface area contributed by atoms with Gasteiger partial charge in [0.15, 0.2) is 0 Å². The molecular weight excluding hydrogens is 166 g/mol. The second kappa shape index (κ2) is 2.55. The van der Waals surface area contributed by atoms with E-state index in [1.807, 2.05) is 0 Å². The first-order chi connectivity index (χ1) is 6.12. The van der Waals surface area contributed by atoms with E-state index in [1.54, 1.807) is 12.1 Å². The van der Waals surface area contributed by atoms with Crippen molar-refractivity contribution in [1.82, 2.24) is 0 Å². The van der Waals surface area contributed by atoms with Crippen molar-refractivity contribution in [3.8, 4) is 0 Å². The van der Waals surface area contributed by atoms with Crippen LogP contribution in [0.4, 0.5) is 5.69 Å². The molecule has 2 rings (SSSR count). The number of nitro benzene ring substituents is 1. The smallest absolute Gasteiger partial charge is 0.258 e. The minimum Gasteiger partial charge on any atom is -0.258 e.